The molecule has 128 valence electrons. The van der Waals surface area contributed by atoms with Crippen molar-refractivity contribution in [2.24, 2.45) is 5.92 Å². The number of carboxylic acid groups (broad SMARTS) is 1. The molecular weight excluding hydrogens is 324 g/mol. The number of ether oxygens (including phenoxy) is 1. The molecule has 1 amide bonds. The molecule has 2 aromatic rings. The second-order valence-corrected chi connectivity index (χ2v) is 6.29. The van der Waals surface area contributed by atoms with E-state index in [1.807, 2.05) is 0 Å². The van der Waals surface area contributed by atoms with E-state index in [9.17, 15) is 14.7 Å². The van der Waals surface area contributed by atoms with Gasteiger partial charge in [-0.2, -0.15) is 0 Å². The number of phenolic OH excluding ortho intramolecular Hbond substituents is 1. The quantitative estimate of drug-likeness (QED) is 0.789. The second-order valence-electron chi connectivity index (χ2n) is 6.29. The van der Waals surface area contributed by atoms with Gasteiger partial charge in [-0.1, -0.05) is 0 Å². The number of aliphatic carboxylic acids is 1. The van der Waals surface area contributed by atoms with Crippen LogP contribution in [0.15, 0.2) is 30.5 Å². The SMILES string of the molecule is O=C1CCc2c(Oc3ccc(O)c([C@H]4C[C@@H]4C(=O)O)c3)ccnc2N1. The van der Waals surface area contributed by atoms with Crippen LogP contribution in [0.1, 0.15) is 29.9 Å². The van der Waals surface area contributed by atoms with Gasteiger partial charge in [-0.3, -0.25) is 9.59 Å². The van der Waals surface area contributed by atoms with Crippen LogP contribution < -0.4 is 10.1 Å². The van der Waals surface area contributed by atoms with E-state index in [2.05, 4.69) is 10.3 Å². The first kappa shape index (κ1) is 15.4. The van der Waals surface area contributed by atoms with E-state index in [1.165, 1.54) is 6.07 Å². The highest BCUT2D eigenvalue weighted by molar-refractivity contribution is 5.93. The first-order chi connectivity index (χ1) is 12.0. The summed E-state index contributed by atoms with van der Waals surface area (Å²) in [6.07, 6.45) is 2.99. The highest BCUT2D eigenvalue weighted by atomic mass is 16.5. The molecule has 1 aliphatic heterocycles. The number of phenols is 1. The molecule has 25 heavy (non-hydrogen) atoms. The number of anilines is 1. The van der Waals surface area contributed by atoms with E-state index >= 15 is 0 Å². The fraction of sp³-hybridized carbons (Fsp3) is 0.278. The van der Waals surface area contributed by atoms with Crippen LogP contribution in [0.4, 0.5) is 5.82 Å². The van der Waals surface area contributed by atoms with Crippen LogP contribution in [0.3, 0.4) is 0 Å². The number of aromatic nitrogens is 1. The van der Waals surface area contributed by atoms with Gasteiger partial charge >= 0.3 is 5.97 Å². The summed E-state index contributed by atoms with van der Waals surface area (Å²) in [5, 5.41) is 21.8. The number of nitrogens with zero attached hydrogens (tertiary/aromatic N) is 1. The van der Waals surface area contributed by atoms with Gasteiger partial charge in [0.05, 0.1) is 5.92 Å². The van der Waals surface area contributed by atoms with E-state index in [0.29, 0.717) is 42.1 Å². The zero-order valence-electron chi connectivity index (χ0n) is 13.2. The number of amides is 1. The monoisotopic (exact) mass is 340 g/mol. The molecule has 0 radical (unpaired) electrons. The zero-order chi connectivity index (χ0) is 17.6. The van der Waals surface area contributed by atoms with Crippen molar-refractivity contribution in [1.29, 1.82) is 0 Å². The van der Waals surface area contributed by atoms with Crippen molar-refractivity contribution >= 4 is 17.7 Å². The third kappa shape index (κ3) is 2.88. The zero-order valence-corrected chi connectivity index (χ0v) is 13.2. The van der Waals surface area contributed by atoms with E-state index in [4.69, 9.17) is 9.84 Å². The number of fused-ring (bicyclic) bond motifs is 1. The Kier molecular flexibility index (Phi) is 3.56. The van der Waals surface area contributed by atoms with E-state index < -0.39 is 11.9 Å². The van der Waals surface area contributed by atoms with E-state index in [1.54, 1.807) is 24.4 Å². The topological polar surface area (TPSA) is 109 Å². The van der Waals surface area contributed by atoms with Gasteiger partial charge in [-0.25, -0.2) is 4.98 Å². The molecule has 0 unspecified atom stereocenters. The molecule has 1 fully saturated rings. The Hall–Kier alpha value is -3.09. The number of rotatable bonds is 4. The van der Waals surface area contributed by atoms with Crippen LogP contribution in [0.5, 0.6) is 17.2 Å². The van der Waals surface area contributed by atoms with Crippen molar-refractivity contribution in [3.8, 4) is 17.2 Å². The first-order valence-electron chi connectivity index (χ1n) is 8.04. The van der Waals surface area contributed by atoms with Crippen molar-refractivity contribution in [1.82, 2.24) is 4.98 Å². The molecule has 0 spiro atoms. The molecular formula is C18H16N2O5. The molecule has 1 saturated carbocycles. The van der Waals surface area contributed by atoms with Crippen LogP contribution in [-0.2, 0) is 16.0 Å². The highest BCUT2D eigenvalue weighted by Gasteiger charge is 2.45. The molecule has 4 rings (SSSR count). The van der Waals surface area contributed by atoms with Crippen molar-refractivity contribution in [2.75, 3.05) is 5.32 Å². The number of carboxylic acids is 1. The summed E-state index contributed by atoms with van der Waals surface area (Å²) < 4.78 is 5.93. The predicted molar refractivity (Wildman–Crippen MR) is 87.9 cm³/mol. The summed E-state index contributed by atoms with van der Waals surface area (Å²) in [6, 6.07) is 6.54. The van der Waals surface area contributed by atoms with Gasteiger partial charge in [0, 0.05) is 29.7 Å². The summed E-state index contributed by atoms with van der Waals surface area (Å²) >= 11 is 0. The lowest BCUT2D eigenvalue weighted by Crippen LogP contribution is -2.20. The van der Waals surface area contributed by atoms with Gasteiger partial charge in [0.1, 0.15) is 23.1 Å². The molecule has 7 heteroatoms. The lowest BCUT2D eigenvalue weighted by atomic mass is 10.1. The van der Waals surface area contributed by atoms with E-state index in [0.717, 1.165) is 5.56 Å². The number of hydrogen-bond acceptors (Lipinski definition) is 5. The minimum absolute atomic E-state index is 0.0717. The fourth-order valence-electron chi connectivity index (χ4n) is 3.18. The standard InChI is InChI=1S/C18H16N2O5/c21-14-3-1-9(7-12(14)11-8-13(11)18(23)24)25-15-5-6-19-17-10(15)2-4-16(22)20-17/h1,3,5-7,11,13,21H,2,4,8H2,(H,23,24)(H,19,20,22)/t11-,13+/m1/s1. The Bertz CT molecular complexity index is 880. The first-order valence-corrected chi connectivity index (χ1v) is 8.04. The summed E-state index contributed by atoms with van der Waals surface area (Å²) in [5.41, 5.74) is 1.41. The van der Waals surface area contributed by atoms with Crippen LogP contribution in [0.25, 0.3) is 0 Å². The van der Waals surface area contributed by atoms with Gasteiger partial charge in [0.2, 0.25) is 5.91 Å². The molecule has 2 aliphatic rings. The number of pyridine rings is 1. The number of benzene rings is 1. The summed E-state index contributed by atoms with van der Waals surface area (Å²) in [4.78, 5) is 26.7. The third-order valence-corrected chi connectivity index (χ3v) is 4.61. The van der Waals surface area contributed by atoms with Gasteiger partial charge in [0.15, 0.2) is 0 Å². The van der Waals surface area contributed by atoms with E-state index in [-0.39, 0.29) is 17.6 Å². The maximum atomic E-state index is 11.5. The van der Waals surface area contributed by atoms with Crippen molar-refractivity contribution < 1.29 is 24.5 Å². The molecule has 3 N–H and O–H groups in total. The molecule has 1 aromatic carbocycles. The average molecular weight is 340 g/mol. The largest absolute Gasteiger partial charge is 0.508 e. The van der Waals surface area contributed by atoms with Gasteiger partial charge in [-0.15, -0.1) is 0 Å². The normalized spacial score (nSPS) is 21.2. The van der Waals surface area contributed by atoms with Gasteiger partial charge < -0.3 is 20.3 Å². The molecule has 1 aromatic heterocycles. The van der Waals surface area contributed by atoms with Crippen LogP contribution >= 0.6 is 0 Å². The molecule has 1 aliphatic carbocycles. The highest BCUT2D eigenvalue weighted by Crippen LogP contribution is 2.51. The number of hydrogen-bond donors (Lipinski definition) is 3. The smallest absolute Gasteiger partial charge is 0.307 e. The number of carbonyl (C=O) groups excluding carboxylic acids is 1. The summed E-state index contributed by atoms with van der Waals surface area (Å²) in [6.45, 7) is 0. The Morgan fingerprint density at radius 2 is 2.12 bits per heavy atom. The lowest BCUT2D eigenvalue weighted by Gasteiger charge is -2.19. The Balaban J connectivity index is 1.61. The molecule has 2 atom stereocenters. The van der Waals surface area contributed by atoms with Gasteiger partial charge in [-0.05, 0) is 37.1 Å². The maximum absolute atomic E-state index is 11.5. The van der Waals surface area contributed by atoms with Crippen LogP contribution in [0.2, 0.25) is 0 Å². The fourth-order valence-corrected chi connectivity index (χ4v) is 3.18. The third-order valence-electron chi connectivity index (χ3n) is 4.61. The van der Waals surface area contributed by atoms with Crippen molar-refractivity contribution in [3.63, 3.8) is 0 Å². The Labute approximate surface area is 143 Å². The number of nitrogens with one attached hydrogen (secondary N) is 1. The van der Waals surface area contributed by atoms with Crippen molar-refractivity contribution in [3.05, 3.63) is 41.6 Å². The Morgan fingerprint density at radius 1 is 1.28 bits per heavy atom. The van der Waals surface area contributed by atoms with Crippen LogP contribution in [0, 0.1) is 5.92 Å². The predicted octanol–water partition coefficient (Wildman–Crippen LogP) is 2.65. The average Bonchev–Trinajstić information content (AvgIpc) is 3.37. The number of carbonyl (C=O) groups is 2. The maximum Gasteiger partial charge on any atom is 0.307 e. The molecule has 0 bridgehead atoms. The molecule has 7 nitrogen and oxygen atoms in total. The summed E-state index contributed by atoms with van der Waals surface area (Å²) in [5.74, 6) is 0.108. The summed E-state index contributed by atoms with van der Waals surface area (Å²) in [7, 11) is 0. The lowest BCUT2D eigenvalue weighted by molar-refractivity contribution is -0.138. The Morgan fingerprint density at radius 3 is 2.88 bits per heavy atom. The molecule has 0 saturated heterocycles. The second kappa shape index (κ2) is 5.77. The minimum atomic E-state index is -0.852. The van der Waals surface area contributed by atoms with Crippen molar-refractivity contribution in [2.45, 2.75) is 25.2 Å². The van der Waals surface area contributed by atoms with Gasteiger partial charge in [0.25, 0.3) is 0 Å². The van der Waals surface area contributed by atoms with Crippen LogP contribution in [-0.4, -0.2) is 27.1 Å². The molecule has 2 heterocycles. The minimum Gasteiger partial charge on any atom is -0.508 e. The number of aromatic hydroxyl groups is 1.